The first-order valence-corrected chi connectivity index (χ1v) is 6.53. The van der Waals surface area contributed by atoms with Gasteiger partial charge >= 0.3 is 0 Å². The molecule has 1 aliphatic rings. The SMILES string of the molecule is CN=C(NCCCc1ccc(O)cc1)NC1CC1. The van der Waals surface area contributed by atoms with E-state index in [2.05, 4.69) is 15.6 Å². The van der Waals surface area contributed by atoms with E-state index in [0.717, 1.165) is 25.3 Å². The average molecular weight is 247 g/mol. The molecule has 0 aliphatic heterocycles. The number of rotatable bonds is 5. The highest BCUT2D eigenvalue weighted by Crippen LogP contribution is 2.18. The number of guanidine groups is 1. The molecule has 18 heavy (non-hydrogen) atoms. The highest BCUT2D eigenvalue weighted by molar-refractivity contribution is 5.80. The number of nitrogens with one attached hydrogen (secondary N) is 2. The Morgan fingerprint density at radius 2 is 2.06 bits per heavy atom. The Kier molecular flexibility index (Phi) is 4.45. The van der Waals surface area contributed by atoms with Gasteiger partial charge in [-0.2, -0.15) is 0 Å². The Morgan fingerprint density at radius 1 is 1.33 bits per heavy atom. The van der Waals surface area contributed by atoms with Crippen molar-refractivity contribution in [1.29, 1.82) is 0 Å². The van der Waals surface area contributed by atoms with E-state index < -0.39 is 0 Å². The quantitative estimate of drug-likeness (QED) is 0.421. The molecule has 0 bridgehead atoms. The van der Waals surface area contributed by atoms with Gasteiger partial charge in [-0.25, -0.2) is 0 Å². The predicted molar refractivity (Wildman–Crippen MR) is 73.9 cm³/mol. The number of aliphatic imine (C=N–C) groups is 1. The first-order chi connectivity index (χ1) is 8.78. The Balaban J connectivity index is 1.64. The van der Waals surface area contributed by atoms with Gasteiger partial charge in [0.25, 0.3) is 0 Å². The molecule has 1 saturated carbocycles. The summed E-state index contributed by atoms with van der Waals surface area (Å²) in [5.41, 5.74) is 1.25. The summed E-state index contributed by atoms with van der Waals surface area (Å²) >= 11 is 0. The van der Waals surface area contributed by atoms with Crippen LogP contribution in [0, 0.1) is 0 Å². The van der Waals surface area contributed by atoms with Crippen molar-refractivity contribution in [2.24, 2.45) is 4.99 Å². The number of aromatic hydroxyl groups is 1. The van der Waals surface area contributed by atoms with E-state index >= 15 is 0 Å². The zero-order valence-corrected chi connectivity index (χ0v) is 10.8. The molecule has 1 fully saturated rings. The van der Waals surface area contributed by atoms with Gasteiger partial charge in [0, 0.05) is 19.6 Å². The molecule has 0 saturated heterocycles. The molecule has 0 aromatic heterocycles. The summed E-state index contributed by atoms with van der Waals surface area (Å²) in [5.74, 6) is 1.23. The van der Waals surface area contributed by atoms with Crippen molar-refractivity contribution in [3.05, 3.63) is 29.8 Å². The van der Waals surface area contributed by atoms with Crippen LogP contribution in [0.15, 0.2) is 29.3 Å². The van der Waals surface area contributed by atoms with Crippen LogP contribution in [0.4, 0.5) is 0 Å². The van der Waals surface area contributed by atoms with Crippen molar-refractivity contribution in [2.75, 3.05) is 13.6 Å². The van der Waals surface area contributed by atoms with Gasteiger partial charge in [0.2, 0.25) is 0 Å². The van der Waals surface area contributed by atoms with Crippen LogP contribution in [-0.4, -0.2) is 30.7 Å². The number of phenols is 1. The summed E-state index contributed by atoms with van der Waals surface area (Å²) in [6.45, 7) is 0.910. The second kappa shape index (κ2) is 6.28. The smallest absolute Gasteiger partial charge is 0.191 e. The molecular formula is C14H21N3O. The Bertz CT molecular complexity index is 396. The summed E-state index contributed by atoms with van der Waals surface area (Å²) in [7, 11) is 1.80. The molecule has 0 heterocycles. The van der Waals surface area contributed by atoms with E-state index in [9.17, 15) is 5.11 Å². The molecule has 0 atom stereocenters. The summed E-state index contributed by atoms with van der Waals surface area (Å²) in [6.07, 6.45) is 4.58. The van der Waals surface area contributed by atoms with Gasteiger partial charge in [0.1, 0.15) is 5.75 Å². The molecule has 0 unspecified atom stereocenters. The second-order valence-corrected chi connectivity index (χ2v) is 4.69. The molecule has 4 nitrogen and oxygen atoms in total. The van der Waals surface area contributed by atoms with Gasteiger partial charge in [-0.1, -0.05) is 12.1 Å². The van der Waals surface area contributed by atoms with Crippen LogP contribution < -0.4 is 10.6 Å². The Morgan fingerprint density at radius 3 is 2.67 bits per heavy atom. The fraction of sp³-hybridized carbons (Fsp3) is 0.500. The largest absolute Gasteiger partial charge is 0.508 e. The van der Waals surface area contributed by atoms with E-state index in [1.165, 1.54) is 18.4 Å². The average Bonchev–Trinajstić information content (AvgIpc) is 3.19. The molecule has 1 aromatic rings. The molecule has 4 heteroatoms. The van der Waals surface area contributed by atoms with E-state index in [-0.39, 0.29) is 0 Å². The Labute approximate surface area is 108 Å². The lowest BCUT2D eigenvalue weighted by Gasteiger charge is -2.10. The zero-order valence-electron chi connectivity index (χ0n) is 10.8. The number of hydrogen-bond donors (Lipinski definition) is 3. The summed E-state index contributed by atoms with van der Waals surface area (Å²) in [4.78, 5) is 4.19. The lowest BCUT2D eigenvalue weighted by Crippen LogP contribution is -2.39. The van der Waals surface area contributed by atoms with Crippen LogP contribution >= 0.6 is 0 Å². The maximum absolute atomic E-state index is 9.19. The molecular weight excluding hydrogens is 226 g/mol. The maximum Gasteiger partial charge on any atom is 0.191 e. The summed E-state index contributed by atoms with van der Waals surface area (Å²) in [6, 6.07) is 8.03. The van der Waals surface area contributed by atoms with Crippen molar-refractivity contribution in [2.45, 2.75) is 31.7 Å². The molecule has 0 spiro atoms. The fourth-order valence-corrected chi connectivity index (χ4v) is 1.78. The number of benzene rings is 1. The molecule has 2 rings (SSSR count). The third-order valence-electron chi connectivity index (χ3n) is 3.01. The van der Waals surface area contributed by atoms with Gasteiger partial charge in [-0.05, 0) is 43.4 Å². The van der Waals surface area contributed by atoms with Crippen LogP contribution in [0.1, 0.15) is 24.8 Å². The predicted octanol–water partition coefficient (Wildman–Crippen LogP) is 1.65. The van der Waals surface area contributed by atoms with E-state index in [1.807, 2.05) is 12.1 Å². The van der Waals surface area contributed by atoms with Crippen molar-refractivity contribution in [3.8, 4) is 5.75 Å². The molecule has 0 amide bonds. The highest BCUT2D eigenvalue weighted by atomic mass is 16.3. The summed E-state index contributed by atoms with van der Waals surface area (Å²) < 4.78 is 0. The number of nitrogens with zero attached hydrogens (tertiary/aromatic N) is 1. The number of hydrogen-bond acceptors (Lipinski definition) is 2. The monoisotopic (exact) mass is 247 g/mol. The molecule has 1 aliphatic carbocycles. The molecule has 98 valence electrons. The number of phenolic OH excluding ortho intramolecular Hbond substituents is 1. The lowest BCUT2D eigenvalue weighted by molar-refractivity contribution is 0.475. The second-order valence-electron chi connectivity index (χ2n) is 4.69. The van der Waals surface area contributed by atoms with Crippen LogP contribution in [0.2, 0.25) is 0 Å². The van der Waals surface area contributed by atoms with Crippen molar-refractivity contribution in [3.63, 3.8) is 0 Å². The first kappa shape index (κ1) is 12.7. The topological polar surface area (TPSA) is 56.7 Å². The number of aryl methyl sites for hydroxylation is 1. The third-order valence-corrected chi connectivity index (χ3v) is 3.01. The minimum Gasteiger partial charge on any atom is -0.508 e. The van der Waals surface area contributed by atoms with Gasteiger partial charge in [-0.15, -0.1) is 0 Å². The minimum atomic E-state index is 0.325. The van der Waals surface area contributed by atoms with Crippen molar-refractivity contribution in [1.82, 2.24) is 10.6 Å². The molecule has 0 radical (unpaired) electrons. The van der Waals surface area contributed by atoms with Gasteiger partial charge < -0.3 is 15.7 Å². The van der Waals surface area contributed by atoms with Gasteiger partial charge in [0.15, 0.2) is 5.96 Å². The molecule has 3 N–H and O–H groups in total. The summed E-state index contributed by atoms with van der Waals surface area (Å²) in [5, 5.41) is 15.9. The van der Waals surface area contributed by atoms with Crippen molar-refractivity contribution >= 4 is 5.96 Å². The standard InChI is InChI=1S/C14H21N3O/c1-15-14(17-12-6-7-12)16-10-2-3-11-4-8-13(18)9-5-11/h4-5,8-9,12,18H,2-3,6-7,10H2,1H3,(H2,15,16,17). The van der Waals surface area contributed by atoms with Gasteiger partial charge in [-0.3, -0.25) is 4.99 Å². The zero-order chi connectivity index (χ0) is 12.8. The third kappa shape index (κ3) is 4.28. The van der Waals surface area contributed by atoms with Gasteiger partial charge in [0.05, 0.1) is 0 Å². The molecule has 1 aromatic carbocycles. The van der Waals surface area contributed by atoms with Crippen molar-refractivity contribution < 1.29 is 5.11 Å². The highest BCUT2D eigenvalue weighted by Gasteiger charge is 2.21. The fourth-order valence-electron chi connectivity index (χ4n) is 1.78. The van der Waals surface area contributed by atoms with E-state index in [4.69, 9.17) is 0 Å². The normalized spacial score (nSPS) is 15.5. The van der Waals surface area contributed by atoms with Crippen LogP contribution in [0.5, 0.6) is 5.75 Å². The van der Waals surface area contributed by atoms with Crippen LogP contribution in [-0.2, 0) is 6.42 Å². The lowest BCUT2D eigenvalue weighted by atomic mass is 10.1. The first-order valence-electron chi connectivity index (χ1n) is 6.53. The Hall–Kier alpha value is -1.71. The van der Waals surface area contributed by atoms with E-state index in [0.29, 0.717) is 11.8 Å². The minimum absolute atomic E-state index is 0.325. The van der Waals surface area contributed by atoms with E-state index in [1.54, 1.807) is 19.2 Å². The van der Waals surface area contributed by atoms with Crippen LogP contribution in [0.25, 0.3) is 0 Å². The maximum atomic E-state index is 9.19. The van der Waals surface area contributed by atoms with Crippen LogP contribution in [0.3, 0.4) is 0 Å².